The van der Waals surface area contributed by atoms with Gasteiger partial charge in [0.1, 0.15) is 0 Å². The molecule has 4 rings (SSSR count). The molecule has 0 aliphatic carbocycles. The minimum atomic E-state index is -4.56. The Hall–Kier alpha value is -2.36. The molecule has 0 saturated carbocycles. The Labute approximate surface area is 172 Å². The number of hydrogen-bond donors (Lipinski definition) is 0. The number of carbonyl (C=O) groups is 1. The van der Waals surface area contributed by atoms with Crippen LogP contribution in [0.1, 0.15) is 41.9 Å². The Morgan fingerprint density at radius 2 is 2.17 bits per heavy atom. The number of aryl methyl sites for hydroxylation is 2. The molecule has 2 aromatic heterocycles. The van der Waals surface area contributed by atoms with Gasteiger partial charge in [-0.2, -0.15) is 18.3 Å². The quantitative estimate of drug-likeness (QED) is 0.529. The highest BCUT2D eigenvalue weighted by atomic mass is 79.9. The normalized spacial score (nSPS) is 15.0. The lowest BCUT2D eigenvalue weighted by Gasteiger charge is -2.15. The zero-order valence-electron chi connectivity index (χ0n) is 15.8. The number of carbonyl (C=O) groups excluding carboxylic acids is 1. The van der Waals surface area contributed by atoms with E-state index in [1.165, 1.54) is 10.9 Å². The maximum Gasteiger partial charge on any atom is 0.417 e. The third-order valence-electron chi connectivity index (χ3n) is 5.14. The maximum atomic E-state index is 13.6. The summed E-state index contributed by atoms with van der Waals surface area (Å²) in [7, 11) is 0. The molecule has 1 aliphatic heterocycles. The van der Waals surface area contributed by atoms with E-state index in [-0.39, 0.29) is 17.5 Å². The number of hydrogen-bond acceptors (Lipinski definition) is 4. The van der Waals surface area contributed by atoms with Crippen LogP contribution in [0.4, 0.5) is 13.2 Å². The van der Waals surface area contributed by atoms with Gasteiger partial charge in [-0.25, -0.2) is 9.78 Å². The molecular weight excluding hydrogens is 453 g/mol. The average molecular weight is 471 g/mol. The van der Waals surface area contributed by atoms with Crippen LogP contribution in [0.25, 0.3) is 10.9 Å². The molecule has 1 unspecified atom stereocenters. The first-order valence-electron chi connectivity index (χ1n) is 9.18. The van der Waals surface area contributed by atoms with Gasteiger partial charge in [-0.15, -0.1) is 0 Å². The van der Waals surface area contributed by atoms with E-state index < -0.39 is 23.8 Å². The van der Waals surface area contributed by atoms with Gasteiger partial charge in [-0.05, 0) is 38.3 Å². The van der Waals surface area contributed by atoms with Crippen LogP contribution >= 0.6 is 15.9 Å². The topological polar surface area (TPSA) is 61.9 Å². The summed E-state index contributed by atoms with van der Waals surface area (Å²) in [5.74, 6) is -0.598. The van der Waals surface area contributed by atoms with Gasteiger partial charge in [-0.3, -0.25) is 4.68 Å². The summed E-state index contributed by atoms with van der Waals surface area (Å²) in [5.41, 5.74) is 1.28. The maximum absolute atomic E-state index is 13.6. The lowest BCUT2D eigenvalue weighted by molar-refractivity contribution is -0.146. The summed E-state index contributed by atoms with van der Waals surface area (Å²) in [6.07, 6.45) is 0.0174. The first-order valence-corrected chi connectivity index (χ1v) is 9.97. The van der Waals surface area contributed by atoms with Gasteiger partial charge >= 0.3 is 12.1 Å². The molecular formula is C19H18BrF3N4O2. The molecule has 0 fully saturated rings. The largest absolute Gasteiger partial charge is 0.464 e. The second kappa shape index (κ2) is 7.16. The van der Waals surface area contributed by atoms with E-state index in [2.05, 4.69) is 26.0 Å². The third-order valence-corrected chi connectivity index (χ3v) is 5.96. The molecule has 1 aliphatic rings. The molecule has 154 valence electrons. The van der Waals surface area contributed by atoms with Crippen molar-refractivity contribution in [2.24, 2.45) is 0 Å². The monoisotopic (exact) mass is 470 g/mol. The minimum Gasteiger partial charge on any atom is -0.464 e. The van der Waals surface area contributed by atoms with Crippen molar-refractivity contribution >= 4 is 32.8 Å². The Morgan fingerprint density at radius 3 is 2.86 bits per heavy atom. The smallest absolute Gasteiger partial charge is 0.417 e. The first-order chi connectivity index (χ1) is 13.7. The number of imidazole rings is 1. The molecule has 0 N–H and O–H groups in total. The minimum absolute atomic E-state index is 0.0663. The van der Waals surface area contributed by atoms with Crippen LogP contribution in [0.15, 0.2) is 23.1 Å². The van der Waals surface area contributed by atoms with Gasteiger partial charge in [0.25, 0.3) is 0 Å². The summed E-state index contributed by atoms with van der Waals surface area (Å²) in [6, 6.07) is -0.00634. The Bertz CT molecular complexity index is 1100. The molecule has 0 spiro atoms. The number of ether oxygens (including phenoxy) is 1. The van der Waals surface area contributed by atoms with E-state index in [1.807, 2.05) is 4.57 Å². The van der Waals surface area contributed by atoms with Crippen LogP contribution in [0.3, 0.4) is 0 Å². The fraction of sp³-hybridized carbons (Fsp3) is 0.421. The molecule has 29 heavy (non-hydrogen) atoms. The van der Waals surface area contributed by atoms with Crippen molar-refractivity contribution in [3.05, 3.63) is 45.6 Å². The van der Waals surface area contributed by atoms with Crippen molar-refractivity contribution in [2.75, 3.05) is 6.61 Å². The molecule has 1 aromatic carbocycles. The van der Waals surface area contributed by atoms with E-state index in [0.717, 1.165) is 31.1 Å². The van der Waals surface area contributed by atoms with Crippen LogP contribution in [0.2, 0.25) is 0 Å². The molecule has 0 saturated heterocycles. The van der Waals surface area contributed by atoms with Gasteiger partial charge in [0.15, 0.2) is 6.04 Å². The summed E-state index contributed by atoms with van der Waals surface area (Å²) >= 11 is 3.18. The molecule has 3 heterocycles. The predicted octanol–water partition coefficient (Wildman–Crippen LogP) is 4.42. The van der Waals surface area contributed by atoms with Crippen molar-refractivity contribution in [3.8, 4) is 0 Å². The van der Waals surface area contributed by atoms with Gasteiger partial charge in [-0.1, -0.05) is 15.9 Å². The highest BCUT2D eigenvalue weighted by Crippen LogP contribution is 2.39. The fourth-order valence-electron chi connectivity index (χ4n) is 3.76. The summed E-state index contributed by atoms with van der Waals surface area (Å²) < 4.78 is 49.5. The molecule has 0 radical (unpaired) electrons. The van der Waals surface area contributed by atoms with Crippen molar-refractivity contribution in [1.29, 1.82) is 0 Å². The molecule has 0 bridgehead atoms. The molecule has 1 atom stereocenters. The SMILES string of the molecule is CCOC(=O)C(c1ncn2c1CCC2)n1cc2c(C(F)(F)F)cc(Br)c(C)c2n1. The van der Waals surface area contributed by atoms with Crippen LogP contribution in [0.5, 0.6) is 0 Å². The zero-order chi connectivity index (χ0) is 20.9. The van der Waals surface area contributed by atoms with Gasteiger partial charge in [0.2, 0.25) is 0 Å². The first kappa shape index (κ1) is 19.9. The Balaban J connectivity index is 1.93. The van der Waals surface area contributed by atoms with Gasteiger partial charge in [0.05, 0.1) is 29.7 Å². The number of nitrogens with zero attached hydrogens (tertiary/aromatic N) is 4. The number of alkyl halides is 3. The number of fused-ring (bicyclic) bond motifs is 2. The predicted molar refractivity (Wildman–Crippen MR) is 102 cm³/mol. The van der Waals surface area contributed by atoms with E-state index in [9.17, 15) is 18.0 Å². The van der Waals surface area contributed by atoms with E-state index in [1.54, 1.807) is 20.2 Å². The number of halogens is 4. The molecule has 3 aromatic rings. The summed E-state index contributed by atoms with van der Waals surface area (Å²) in [6.45, 7) is 4.29. The molecule has 10 heteroatoms. The second-order valence-corrected chi connectivity index (χ2v) is 7.78. The molecule has 0 amide bonds. The lowest BCUT2D eigenvalue weighted by Crippen LogP contribution is -2.25. The van der Waals surface area contributed by atoms with Crippen molar-refractivity contribution in [1.82, 2.24) is 19.3 Å². The number of benzene rings is 1. The van der Waals surface area contributed by atoms with Crippen molar-refractivity contribution < 1.29 is 22.7 Å². The number of aromatic nitrogens is 4. The van der Waals surface area contributed by atoms with Crippen LogP contribution in [-0.2, 0) is 28.7 Å². The third kappa shape index (κ3) is 3.33. The lowest BCUT2D eigenvalue weighted by atomic mass is 10.1. The highest BCUT2D eigenvalue weighted by Gasteiger charge is 2.37. The van der Waals surface area contributed by atoms with Crippen molar-refractivity contribution in [2.45, 2.75) is 45.5 Å². The van der Waals surface area contributed by atoms with Gasteiger partial charge < -0.3 is 9.30 Å². The molecule has 6 nitrogen and oxygen atoms in total. The van der Waals surface area contributed by atoms with Gasteiger partial charge in [0, 0.05) is 28.3 Å². The number of rotatable bonds is 4. The van der Waals surface area contributed by atoms with Crippen LogP contribution in [-0.4, -0.2) is 31.9 Å². The highest BCUT2D eigenvalue weighted by molar-refractivity contribution is 9.10. The van der Waals surface area contributed by atoms with E-state index in [0.29, 0.717) is 15.7 Å². The van der Waals surface area contributed by atoms with Crippen molar-refractivity contribution in [3.63, 3.8) is 0 Å². The van der Waals surface area contributed by atoms with Crippen LogP contribution in [0, 0.1) is 6.92 Å². The summed E-state index contributed by atoms with van der Waals surface area (Å²) in [4.78, 5) is 17.2. The van der Waals surface area contributed by atoms with E-state index in [4.69, 9.17) is 4.74 Å². The summed E-state index contributed by atoms with van der Waals surface area (Å²) in [5, 5.41) is 4.30. The Kier molecular flexibility index (Phi) is 4.92. The number of esters is 1. The standard InChI is InChI=1S/C19H18BrF3N4O2/c1-3-29-18(28)17(16-14-5-4-6-26(14)9-24-16)27-8-11-12(19(21,22)23)7-13(20)10(2)15(11)25-27/h7-9,17H,3-6H2,1-2H3. The fourth-order valence-corrected chi connectivity index (χ4v) is 4.17. The zero-order valence-corrected chi connectivity index (χ0v) is 17.3. The Morgan fingerprint density at radius 1 is 1.41 bits per heavy atom. The van der Waals surface area contributed by atoms with E-state index >= 15 is 0 Å². The van der Waals surface area contributed by atoms with Crippen LogP contribution < -0.4 is 0 Å². The second-order valence-electron chi connectivity index (χ2n) is 6.93. The average Bonchev–Trinajstić information content (AvgIpc) is 3.34.